The Morgan fingerprint density at radius 3 is 2.85 bits per heavy atom. The normalized spacial score (nSPS) is 15.8. The molecule has 208 valence electrons. The van der Waals surface area contributed by atoms with Gasteiger partial charge in [0.25, 0.3) is 5.56 Å². The zero-order valence-electron chi connectivity index (χ0n) is 23.1. The fourth-order valence-corrected chi connectivity index (χ4v) is 6.76. The molecular weight excluding hydrogens is 534 g/mol. The molecule has 2 aromatic carbocycles. The van der Waals surface area contributed by atoms with Crippen molar-refractivity contribution in [1.82, 2.24) is 24.2 Å². The van der Waals surface area contributed by atoms with Crippen LogP contribution in [0.3, 0.4) is 0 Å². The van der Waals surface area contributed by atoms with Crippen molar-refractivity contribution in [3.63, 3.8) is 0 Å². The van der Waals surface area contributed by atoms with E-state index in [-0.39, 0.29) is 11.5 Å². The molecule has 10 heteroatoms. The minimum absolute atomic E-state index is 0.120. The SMILES string of the molecule is CN(C)CCc1csc2cc(Nc3ncc4c(=O)n5n(c4n3)-c3ccc4c(c3)N(CCC/C=C\C5)C(=O)C4)ccc12. The molecule has 0 spiro atoms. The number of hydrogen-bond acceptors (Lipinski definition) is 7. The lowest BCUT2D eigenvalue weighted by molar-refractivity contribution is -0.117. The predicted octanol–water partition coefficient (Wildman–Crippen LogP) is 4.88. The number of carbonyl (C=O) groups excluding carboxylic acids is 1. The van der Waals surface area contributed by atoms with Crippen molar-refractivity contribution in [2.24, 2.45) is 0 Å². The Balaban J connectivity index is 1.29. The third-order valence-electron chi connectivity index (χ3n) is 7.86. The van der Waals surface area contributed by atoms with Crippen LogP contribution in [0.1, 0.15) is 24.0 Å². The first-order chi connectivity index (χ1) is 20.0. The minimum Gasteiger partial charge on any atom is -0.324 e. The molecule has 2 aliphatic rings. The molecular formula is C31H31N7O2S. The van der Waals surface area contributed by atoms with E-state index in [2.05, 4.69) is 59.0 Å². The lowest BCUT2D eigenvalue weighted by Gasteiger charge is -2.19. The summed E-state index contributed by atoms with van der Waals surface area (Å²) in [6.07, 6.45) is 8.83. The maximum absolute atomic E-state index is 13.5. The molecule has 0 saturated carbocycles. The molecule has 3 aromatic heterocycles. The van der Waals surface area contributed by atoms with Crippen molar-refractivity contribution in [3.8, 4) is 5.69 Å². The molecule has 7 rings (SSSR count). The van der Waals surface area contributed by atoms with E-state index in [1.807, 2.05) is 33.9 Å². The maximum Gasteiger partial charge on any atom is 0.278 e. The fourth-order valence-electron chi connectivity index (χ4n) is 5.73. The van der Waals surface area contributed by atoms with Gasteiger partial charge in [0.2, 0.25) is 11.9 Å². The second kappa shape index (κ2) is 10.3. The second-order valence-electron chi connectivity index (χ2n) is 10.9. The van der Waals surface area contributed by atoms with Crippen LogP contribution < -0.4 is 15.8 Å². The molecule has 1 amide bonds. The number of fused-ring (bicyclic) bond motifs is 6. The van der Waals surface area contributed by atoms with Gasteiger partial charge in [-0.15, -0.1) is 11.3 Å². The summed E-state index contributed by atoms with van der Waals surface area (Å²) in [6.45, 7) is 2.11. The number of hydrogen-bond donors (Lipinski definition) is 1. The third kappa shape index (κ3) is 4.62. The van der Waals surface area contributed by atoms with E-state index >= 15 is 0 Å². The molecule has 2 aliphatic heterocycles. The van der Waals surface area contributed by atoms with Crippen molar-refractivity contribution >= 4 is 55.7 Å². The number of benzene rings is 2. The first-order valence-electron chi connectivity index (χ1n) is 14.0. The molecule has 5 aromatic rings. The van der Waals surface area contributed by atoms with E-state index in [0.717, 1.165) is 48.4 Å². The topological polar surface area (TPSA) is 88.3 Å². The average molecular weight is 566 g/mol. The highest BCUT2D eigenvalue weighted by atomic mass is 32.1. The van der Waals surface area contributed by atoms with E-state index in [0.29, 0.717) is 36.5 Å². The Hall–Kier alpha value is -4.28. The van der Waals surface area contributed by atoms with Crippen molar-refractivity contribution in [2.75, 3.05) is 37.4 Å². The van der Waals surface area contributed by atoms with Gasteiger partial charge >= 0.3 is 0 Å². The molecule has 5 heterocycles. The largest absolute Gasteiger partial charge is 0.324 e. The van der Waals surface area contributed by atoms with Crippen LogP contribution in [0.25, 0.3) is 26.8 Å². The highest BCUT2D eigenvalue weighted by Gasteiger charge is 2.28. The summed E-state index contributed by atoms with van der Waals surface area (Å²) in [5, 5.41) is 7.32. The van der Waals surface area contributed by atoms with Crippen LogP contribution >= 0.6 is 11.3 Å². The lowest BCUT2D eigenvalue weighted by atomic mass is 10.1. The molecule has 0 aliphatic carbocycles. The van der Waals surface area contributed by atoms with Crippen LogP contribution in [0, 0.1) is 0 Å². The molecule has 2 bridgehead atoms. The standard InChI is InChI=1S/C31H31N7O2S/c1-35(2)14-11-21-19-41-27-16-22(8-10-24(21)27)33-31-32-18-25-29(34-31)38-23-9-7-20-15-28(39)36(26(20)17-23)12-5-3-4-6-13-37(38)30(25)40/h4,6-10,16-19H,3,5,11-15H2,1-2H3,(H,32,33,34)/b6-4-. The van der Waals surface area contributed by atoms with Crippen LogP contribution in [0.4, 0.5) is 17.3 Å². The Morgan fingerprint density at radius 2 is 1.98 bits per heavy atom. The van der Waals surface area contributed by atoms with Gasteiger partial charge in [0, 0.05) is 35.4 Å². The molecule has 0 unspecified atom stereocenters. The van der Waals surface area contributed by atoms with Gasteiger partial charge < -0.3 is 15.1 Å². The summed E-state index contributed by atoms with van der Waals surface area (Å²) in [7, 11) is 4.19. The van der Waals surface area contributed by atoms with E-state index in [4.69, 9.17) is 4.98 Å². The number of carbonyl (C=O) groups is 1. The lowest BCUT2D eigenvalue weighted by Crippen LogP contribution is -2.28. The predicted molar refractivity (Wildman–Crippen MR) is 165 cm³/mol. The maximum atomic E-state index is 13.5. The van der Waals surface area contributed by atoms with E-state index in [1.165, 1.54) is 15.6 Å². The number of anilines is 3. The highest BCUT2D eigenvalue weighted by Crippen LogP contribution is 2.33. The number of likely N-dealkylation sites (N-methyl/N-ethyl adjacent to an activating group) is 1. The summed E-state index contributed by atoms with van der Waals surface area (Å²) in [5.41, 5.74) is 5.35. The fraction of sp³-hybridized carbons (Fsp3) is 0.290. The van der Waals surface area contributed by atoms with Crippen molar-refractivity contribution in [1.29, 1.82) is 0 Å². The zero-order valence-corrected chi connectivity index (χ0v) is 23.9. The number of rotatable bonds is 5. The van der Waals surface area contributed by atoms with E-state index < -0.39 is 0 Å². The van der Waals surface area contributed by atoms with E-state index in [9.17, 15) is 9.59 Å². The van der Waals surface area contributed by atoms with Gasteiger partial charge in [-0.2, -0.15) is 4.98 Å². The summed E-state index contributed by atoms with van der Waals surface area (Å²) < 4.78 is 4.76. The zero-order chi connectivity index (χ0) is 28.1. The minimum atomic E-state index is -0.146. The number of nitrogens with one attached hydrogen (secondary N) is 1. The Kier molecular flexibility index (Phi) is 6.44. The molecule has 0 atom stereocenters. The van der Waals surface area contributed by atoms with Gasteiger partial charge in [-0.25, -0.2) is 14.3 Å². The van der Waals surface area contributed by atoms with Crippen LogP contribution in [-0.2, 0) is 24.2 Å². The number of amides is 1. The molecule has 0 fully saturated rings. The van der Waals surface area contributed by atoms with Crippen LogP contribution in [0.2, 0.25) is 0 Å². The van der Waals surface area contributed by atoms with Gasteiger partial charge in [-0.05, 0) is 79.5 Å². The number of nitrogens with zero attached hydrogens (tertiary/aromatic N) is 6. The quantitative estimate of drug-likeness (QED) is 0.306. The first kappa shape index (κ1) is 25.7. The molecule has 0 saturated heterocycles. The Bertz CT molecular complexity index is 1900. The smallest absolute Gasteiger partial charge is 0.278 e. The van der Waals surface area contributed by atoms with Gasteiger partial charge in [0.1, 0.15) is 5.39 Å². The summed E-state index contributed by atoms with van der Waals surface area (Å²) in [4.78, 5) is 39.7. The average Bonchev–Trinajstić information content (AvgIpc) is 3.59. The Morgan fingerprint density at radius 1 is 1.07 bits per heavy atom. The number of aromatic nitrogens is 4. The summed E-state index contributed by atoms with van der Waals surface area (Å²) in [6, 6.07) is 12.3. The van der Waals surface area contributed by atoms with Gasteiger partial charge in [-0.1, -0.05) is 24.3 Å². The second-order valence-corrected chi connectivity index (χ2v) is 11.8. The summed E-state index contributed by atoms with van der Waals surface area (Å²) in [5.74, 6) is 0.538. The number of thiophene rings is 1. The van der Waals surface area contributed by atoms with Crippen molar-refractivity contribution in [2.45, 2.75) is 32.2 Å². The van der Waals surface area contributed by atoms with Crippen molar-refractivity contribution < 1.29 is 4.79 Å². The molecule has 41 heavy (non-hydrogen) atoms. The van der Waals surface area contributed by atoms with Gasteiger partial charge in [0.15, 0.2) is 5.65 Å². The molecule has 1 N–H and O–H groups in total. The molecule has 9 nitrogen and oxygen atoms in total. The highest BCUT2D eigenvalue weighted by molar-refractivity contribution is 7.17. The Labute approximate surface area is 241 Å². The van der Waals surface area contributed by atoms with Crippen LogP contribution in [0.15, 0.2) is 64.9 Å². The summed E-state index contributed by atoms with van der Waals surface area (Å²) >= 11 is 1.74. The monoisotopic (exact) mass is 565 g/mol. The third-order valence-corrected chi connectivity index (χ3v) is 8.85. The van der Waals surface area contributed by atoms with Crippen LogP contribution in [-0.4, -0.2) is 57.3 Å². The van der Waals surface area contributed by atoms with Gasteiger partial charge in [0.05, 0.1) is 18.7 Å². The van der Waals surface area contributed by atoms with Crippen molar-refractivity contribution in [3.05, 3.63) is 81.6 Å². The van der Waals surface area contributed by atoms with Crippen LogP contribution in [0.5, 0.6) is 0 Å². The van der Waals surface area contributed by atoms with E-state index in [1.54, 1.807) is 22.2 Å². The molecule has 0 radical (unpaired) electrons. The number of allylic oxidation sites excluding steroid dienone is 2. The van der Waals surface area contributed by atoms with Gasteiger partial charge in [-0.3, -0.25) is 9.59 Å². The first-order valence-corrected chi connectivity index (χ1v) is 14.8.